The molecule has 14 heteroatoms. The molecule has 1 N–H and O–H groups in total. The molecule has 0 spiro atoms. The topological polar surface area (TPSA) is 120 Å². The van der Waals surface area contributed by atoms with Gasteiger partial charge in [-0.2, -0.15) is 18.3 Å². The van der Waals surface area contributed by atoms with Gasteiger partial charge in [-0.25, -0.2) is 15.1 Å². The van der Waals surface area contributed by atoms with Gasteiger partial charge in [0.2, 0.25) is 11.9 Å². The molecular weight excluding hydrogens is 481 g/mol. The Bertz CT molecular complexity index is 1290. The first kappa shape index (κ1) is 23.9. The number of ether oxygens (including phenoxy) is 1. The highest BCUT2D eigenvalue weighted by Gasteiger charge is 2.32. The number of hydrogen-bond donors (Lipinski definition) is 1. The zero-order chi connectivity index (χ0) is 25.3. The van der Waals surface area contributed by atoms with Crippen molar-refractivity contribution in [3.8, 4) is 0 Å². The number of anilines is 2. The fourth-order valence-electron chi connectivity index (χ4n) is 4.35. The lowest BCUT2D eigenvalue weighted by atomic mass is 10.1. The van der Waals surface area contributed by atoms with E-state index in [9.17, 15) is 22.8 Å². The maximum Gasteiger partial charge on any atom is 0.419 e. The van der Waals surface area contributed by atoms with Crippen molar-refractivity contribution in [2.24, 2.45) is 0 Å². The number of aromatic nitrogens is 5. The Kier molecular flexibility index (Phi) is 6.43. The number of pyridine rings is 1. The van der Waals surface area contributed by atoms with Crippen LogP contribution in [0.25, 0.3) is 10.9 Å². The van der Waals surface area contributed by atoms with Gasteiger partial charge in [-0.15, -0.1) is 0 Å². The van der Waals surface area contributed by atoms with Gasteiger partial charge in [-0.3, -0.25) is 14.6 Å². The second kappa shape index (κ2) is 9.68. The molecule has 1 amide bonds. The number of piperazine rings is 1. The molecule has 0 radical (unpaired) electrons. The standard InChI is InChI=1S/C22H23F3N8O3/c23-22(24,25)14-11-27-21(28-12-14)32-6-4-31(5-7-32)17(34)10-15-13-33(8-9-36-15)19-18-16(2-1-3-26-18)20(35)30-29-19/h1-3,11-12,15H,4-10,13H2,(H,30,35)/t15-/m1/s1. The average Bonchev–Trinajstić information content (AvgIpc) is 2.89. The molecule has 0 bridgehead atoms. The van der Waals surface area contributed by atoms with E-state index in [4.69, 9.17) is 4.74 Å². The summed E-state index contributed by atoms with van der Waals surface area (Å²) >= 11 is 0. The SMILES string of the molecule is O=C(C[C@@H]1CN(c2n[nH]c(=O)c3cccnc23)CCO1)N1CCN(c2ncc(C(F)(F)F)cn2)CC1. The Morgan fingerprint density at radius 2 is 1.83 bits per heavy atom. The molecule has 1 atom stereocenters. The third-order valence-corrected chi connectivity index (χ3v) is 6.25. The first-order valence-corrected chi connectivity index (χ1v) is 11.4. The predicted octanol–water partition coefficient (Wildman–Crippen LogP) is 1.07. The monoisotopic (exact) mass is 504 g/mol. The maximum absolute atomic E-state index is 12.9. The summed E-state index contributed by atoms with van der Waals surface area (Å²) in [5.74, 6) is 0.666. The molecular formula is C22H23F3N8O3. The second-order valence-corrected chi connectivity index (χ2v) is 8.56. The number of carbonyl (C=O) groups excluding carboxylic acids is 1. The molecule has 2 aliphatic heterocycles. The zero-order valence-electron chi connectivity index (χ0n) is 19.1. The van der Waals surface area contributed by atoms with E-state index in [0.29, 0.717) is 62.6 Å². The molecule has 5 rings (SSSR count). The number of rotatable bonds is 4. The normalized spacial score (nSPS) is 19.1. The Labute approximate surface area is 202 Å². The lowest BCUT2D eigenvalue weighted by molar-refractivity contribution is -0.138. The van der Waals surface area contributed by atoms with Crippen molar-refractivity contribution in [3.05, 3.63) is 46.6 Å². The molecule has 11 nitrogen and oxygen atoms in total. The molecule has 2 saturated heterocycles. The highest BCUT2D eigenvalue weighted by atomic mass is 19.4. The number of H-pyrrole nitrogens is 1. The van der Waals surface area contributed by atoms with Crippen LogP contribution in [0.2, 0.25) is 0 Å². The molecule has 3 aromatic heterocycles. The molecule has 190 valence electrons. The number of nitrogens with one attached hydrogen (secondary N) is 1. The van der Waals surface area contributed by atoms with E-state index in [2.05, 4.69) is 25.1 Å². The molecule has 0 unspecified atom stereocenters. The Hall–Kier alpha value is -3.81. The first-order valence-electron chi connectivity index (χ1n) is 11.4. The summed E-state index contributed by atoms with van der Waals surface area (Å²) in [6.45, 7) is 2.97. The van der Waals surface area contributed by atoms with Gasteiger partial charge in [0, 0.05) is 57.9 Å². The molecule has 3 aromatic rings. The minimum absolute atomic E-state index is 0.0766. The van der Waals surface area contributed by atoms with Gasteiger partial charge in [0.1, 0.15) is 5.52 Å². The molecule has 36 heavy (non-hydrogen) atoms. The third-order valence-electron chi connectivity index (χ3n) is 6.25. The van der Waals surface area contributed by atoms with Gasteiger partial charge in [0.05, 0.1) is 30.1 Å². The fourth-order valence-corrected chi connectivity index (χ4v) is 4.35. The number of halogens is 3. The van der Waals surface area contributed by atoms with Crippen molar-refractivity contribution in [3.63, 3.8) is 0 Å². The predicted molar refractivity (Wildman–Crippen MR) is 123 cm³/mol. The molecule has 2 fully saturated rings. The van der Waals surface area contributed by atoms with E-state index in [-0.39, 0.29) is 29.9 Å². The van der Waals surface area contributed by atoms with Gasteiger partial charge in [-0.05, 0) is 12.1 Å². The van der Waals surface area contributed by atoms with Crippen LogP contribution in [-0.4, -0.2) is 87.9 Å². The number of aromatic amines is 1. The summed E-state index contributed by atoms with van der Waals surface area (Å²) in [6.07, 6.45) is -1.55. The van der Waals surface area contributed by atoms with Crippen molar-refractivity contribution < 1.29 is 22.7 Å². The van der Waals surface area contributed by atoms with Crippen LogP contribution in [0.15, 0.2) is 35.5 Å². The van der Waals surface area contributed by atoms with E-state index in [0.717, 1.165) is 12.4 Å². The summed E-state index contributed by atoms with van der Waals surface area (Å²) in [5, 5.41) is 7.13. The molecule has 5 heterocycles. The van der Waals surface area contributed by atoms with Crippen molar-refractivity contribution >= 4 is 28.6 Å². The smallest absolute Gasteiger partial charge is 0.374 e. The van der Waals surface area contributed by atoms with Gasteiger partial charge in [0.25, 0.3) is 5.56 Å². The quantitative estimate of drug-likeness (QED) is 0.556. The van der Waals surface area contributed by atoms with Crippen LogP contribution in [0.3, 0.4) is 0 Å². The van der Waals surface area contributed by atoms with E-state index >= 15 is 0 Å². The van der Waals surface area contributed by atoms with Gasteiger partial charge < -0.3 is 19.4 Å². The van der Waals surface area contributed by atoms with Crippen molar-refractivity contribution in [1.82, 2.24) is 30.0 Å². The van der Waals surface area contributed by atoms with Crippen LogP contribution < -0.4 is 15.4 Å². The van der Waals surface area contributed by atoms with Crippen molar-refractivity contribution in [2.45, 2.75) is 18.7 Å². The number of fused-ring (bicyclic) bond motifs is 1. The maximum atomic E-state index is 12.9. The van der Waals surface area contributed by atoms with Gasteiger partial charge in [-0.1, -0.05) is 0 Å². The summed E-state index contributed by atoms with van der Waals surface area (Å²) in [5.41, 5.74) is -0.722. The molecule has 2 aliphatic rings. The Morgan fingerprint density at radius 1 is 1.08 bits per heavy atom. The summed E-state index contributed by atoms with van der Waals surface area (Å²) in [7, 11) is 0. The zero-order valence-corrected chi connectivity index (χ0v) is 19.1. The fraction of sp³-hybridized carbons (Fsp3) is 0.455. The summed E-state index contributed by atoms with van der Waals surface area (Å²) < 4.78 is 44.0. The second-order valence-electron chi connectivity index (χ2n) is 8.56. The summed E-state index contributed by atoms with van der Waals surface area (Å²) in [6, 6.07) is 3.37. The molecule has 0 aromatic carbocycles. The van der Waals surface area contributed by atoms with Crippen LogP contribution in [-0.2, 0) is 15.7 Å². The van der Waals surface area contributed by atoms with Gasteiger partial charge in [0.15, 0.2) is 5.82 Å². The van der Waals surface area contributed by atoms with Crippen molar-refractivity contribution in [2.75, 3.05) is 55.7 Å². The largest absolute Gasteiger partial charge is 0.419 e. The molecule has 0 aliphatic carbocycles. The van der Waals surface area contributed by atoms with Crippen LogP contribution in [0.1, 0.15) is 12.0 Å². The van der Waals surface area contributed by atoms with E-state index < -0.39 is 11.7 Å². The number of nitrogens with zero attached hydrogens (tertiary/aromatic N) is 7. The highest BCUT2D eigenvalue weighted by molar-refractivity contribution is 5.87. The van der Waals surface area contributed by atoms with Gasteiger partial charge >= 0.3 is 6.18 Å². The van der Waals surface area contributed by atoms with Crippen LogP contribution in [0.4, 0.5) is 24.9 Å². The number of alkyl halides is 3. The summed E-state index contributed by atoms with van der Waals surface area (Å²) in [4.78, 5) is 42.4. The lowest BCUT2D eigenvalue weighted by Gasteiger charge is -2.37. The average molecular weight is 504 g/mol. The van der Waals surface area contributed by atoms with E-state index in [1.807, 2.05) is 4.90 Å². The van der Waals surface area contributed by atoms with Crippen LogP contribution in [0, 0.1) is 0 Å². The van der Waals surface area contributed by atoms with Crippen molar-refractivity contribution in [1.29, 1.82) is 0 Å². The minimum atomic E-state index is -4.49. The number of hydrogen-bond acceptors (Lipinski definition) is 9. The van der Waals surface area contributed by atoms with E-state index in [1.54, 1.807) is 28.1 Å². The number of amides is 1. The van der Waals surface area contributed by atoms with E-state index in [1.165, 1.54) is 0 Å². The Balaban J connectivity index is 1.18. The third kappa shape index (κ3) is 4.94. The van der Waals surface area contributed by atoms with Crippen LogP contribution >= 0.6 is 0 Å². The Morgan fingerprint density at radius 3 is 2.56 bits per heavy atom. The minimum Gasteiger partial charge on any atom is -0.374 e. The first-order chi connectivity index (χ1) is 17.3. The lowest BCUT2D eigenvalue weighted by Crippen LogP contribution is -2.51. The number of morpholine rings is 1. The van der Waals surface area contributed by atoms with Crippen LogP contribution in [0.5, 0.6) is 0 Å². The number of carbonyl (C=O) groups is 1. The molecule has 0 saturated carbocycles. The highest BCUT2D eigenvalue weighted by Crippen LogP contribution is 2.28.